The first-order valence-electron chi connectivity index (χ1n) is 22.8. The predicted molar refractivity (Wildman–Crippen MR) is 241 cm³/mol. The van der Waals surface area contributed by atoms with E-state index in [0.29, 0.717) is 25.7 Å². The minimum absolute atomic E-state index is 0.0248. The van der Waals surface area contributed by atoms with Crippen molar-refractivity contribution in [1.29, 1.82) is 0 Å². The Morgan fingerprint density at radius 2 is 1.05 bits per heavy atom. The Kier molecular flexibility index (Phi) is 33.0. The summed E-state index contributed by atoms with van der Waals surface area (Å²) in [5.74, 6) is -1.19. The Bertz CT molecular complexity index is 1540. The number of ether oxygens (including phenoxy) is 2. The van der Waals surface area contributed by atoms with E-state index in [1.807, 2.05) is 24.3 Å². The zero-order chi connectivity index (χ0) is 47.6. The maximum atomic E-state index is 13.0. The van der Waals surface area contributed by atoms with E-state index in [-0.39, 0.29) is 18.6 Å². The number of carbonyl (C=O) groups excluding carboxylic acids is 3. The fourth-order valence-corrected chi connectivity index (χ4v) is 7.96. The van der Waals surface area contributed by atoms with Gasteiger partial charge in [-0.05, 0) is 76.7 Å². The van der Waals surface area contributed by atoms with Gasteiger partial charge in [0, 0.05) is 19.3 Å². The van der Waals surface area contributed by atoms with Crippen LogP contribution >= 0.6 is 15.6 Å². The smallest absolute Gasteiger partial charge is 0.462 e. The van der Waals surface area contributed by atoms with Crippen LogP contribution in [-0.4, -0.2) is 109 Å². The van der Waals surface area contributed by atoms with Crippen molar-refractivity contribution in [2.24, 2.45) is 0 Å². The second-order valence-electron chi connectivity index (χ2n) is 15.8. The summed E-state index contributed by atoms with van der Waals surface area (Å²) in [5.41, 5.74) is 0. The van der Waals surface area contributed by atoms with Crippen LogP contribution in [0.4, 0.5) is 0 Å². The van der Waals surface area contributed by atoms with Crippen molar-refractivity contribution in [2.45, 2.75) is 191 Å². The van der Waals surface area contributed by atoms with Crippen LogP contribution in [0, 0.1) is 0 Å². The second-order valence-corrected chi connectivity index (χ2v) is 18.4. The van der Waals surface area contributed by atoms with E-state index in [2.05, 4.69) is 42.7 Å². The molecule has 7 N–H and O–H groups in total. The normalized spacial score (nSPS) is 22.3. The Labute approximate surface area is 379 Å². The van der Waals surface area contributed by atoms with Crippen LogP contribution in [0.5, 0.6) is 0 Å². The summed E-state index contributed by atoms with van der Waals surface area (Å²) in [6.07, 6.45) is 21.7. The van der Waals surface area contributed by atoms with Gasteiger partial charge in [0.15, 0.2) is 11.9 Å². The average Bonchev–Trinajstić information content (AvgIpc) is 3.24. The highest BCUT2D eigenvalue weighted by Crippen LogP contribution is 2.49. The van der Waals surface area contributed by atoms with Crippen molar-refractivity contribution in [1.82, 2.24) is 0 Å². The fraction of sp³-hybridized carbons (Fsp3) is 0.711. The molecule has 0 amide bonds. The number of aliphatic hydroxyl groups is 4. The van der Waals surface area contributed by atoms with Crippen LogP contribution in [0.1, 0.15) is 149 Å². The third kappa shape index (κ3) is 29.8. The van der Waals surface area contributed by atoms with Crippen LogP contribution in [0.2, 0.25) is 0 Å². The molecule has 8 atom stereocenters. The number of rotatable bonds is 37. The molecule has 1 rings (SSSR count). The van der Waals surface area contributed by atoms with Gasteiger partial charge in [0.25, 0.3) is 0 Å². The highest BCUT2D eigenvalue weighted by molar-refractivity contribution is 7.47. The minimum atomic E-state index is -5.38. The van der Waals surface area contributed by atoms with Crippen LogP contribution in [0.3, 0.4) is 0 Å². The third-order valence-electron chi connectivity index (χ3n) is 10.0. The van der Waals surface area contributed by atoms with Gasteiger partial charge in [0.1, 0.15) is 43.2 Å². The lowest BCUT2D eigenvalue weighted by Crippen LogP contribution is -2.64. The average molecular weight is 951 g/mol. The van der Waals surface area contributed by atoms with Gasteiger partial charge in [-0.2, -0.15) is 0 Å². The van der Waals surface area contributed by atoms with Gasteiger partial charge in [-0.15, -0.1) is 0 Å². The van der Waals surface area contributed by atoms with E-state index < -0.39 is 83.5 Å². The highest BCUT2D eigenvalue weighted by atomic mass is 31.2. The van der Waals surface area contributed by atoms with E-state index in [1.54, 1.807) is 12.2 Å². The Balaban J connectivity index is 2.67. The first-order chi connectivity index (χ1) is 30.5. The van der Waals surface area contributed by atoms with Crippen molar-refractivity contribution >= 4 is 33.4 Å². The summed E-state index contributed by atoms with van der Waals surface area (Å²) in [4.78, 5) is 65.9. The molecule has 1 aliphatic carbocycles. The van der Waals surface area contributed by atoms with E-state index in [9.17, 15) is 48.8 Å². The molecule has 5 unspecified atom stereocenters. The number of esters is 2. The first-order valence-corrected chi connectivity index (χ1v) is 25.8. The Hall–Kier alpha value is -2.63. The van der Waals surface area contributed by atoms with Crippen molar-refractivity contribution in [3.63, 3.8) is 0 Å². The van der Waals surface area contributed by atoms with Gasteiger partial charge in [0.2, 0.25) is 0 Å². The summed E-state index contributed by atoms with van der Waals surface area (Å²) in [5, 5.41) is 41.2. The predicted octanol–water partition coefficient (Wildman–Crippen LogP) is 7.46. The molecule has 1 fully saturated rings. The SMILES string of the molecule is CCCCC/C=C\C/C=C\C/C=C\CCCCC(=O)O[C@H](COC(=O)CCCCCCC/C=C\C=C\C(=O)CCCCC)COP(=O)(O)O[C@H]1C(O)C(O)C(O)[C@@H](OP(=O)(O)O)C1O. The highest BCUT2D eigenvalue weighted by Gasteiger charge is 2.54. The molecule has 0 aromatic heterocycles. The molecule has 1 aliphatic rings. The number of allylic oxidation sites excluding steroid dienone is 10. The lowest BCUT2D eigenvalue weighted by atomic mass is 9.85. The van der Waals surface area contributed by atoms with Crippen molar-refractivity contribution in [3.8, 4) is 0 Å². The summed E-state index contributed by atoms with van der Waals surface area (Å²) in [6, 6.07) is 0. The molecule has 0 radical (unpaired) electrons. The molecular formula is C45H76O17P2. The van der Waals surface area contributed by atoms with Gasteiger partial charge < -0.3 is 44.6 Å². The number of hydrogen-bond acceptors (Lipinski definition) is 14. The van der Waals surface area contributed by atoms with Crippen molar-refractivity contribution in [3.05, 3.63) is 60.8 Å². The third-order valence-corrected chi connectivity index (χ3v) is 11.5. The van der Waals surface area contributed by atoms with Gasteiger partial charge in [-0.1, -0.05) is 113 Å². The second kappa shape index (κ2) is 35.5. The Morgan fingerprint density at radius 1 is 0.547 bits per heavy atom. The zero-order valence-corrected chi connectivity index (χ0v) is 39.5. The summed E-state index contributed by atoms with van der Waals surface area (Å²) in [7, 11) is -10.7. The molecule has 17 nitrogen and oxygen atoms in total. The van der Waals surface area contributed by atoms with Gasteiger partial charge in [0.05, 0.1) is 6.61 Å². The van der Waals surface area contributed by atoms with Gasteiger partial charge in [-0.3, -0.25) is 28.0 Å². The molecule has 64 heavy (non-hydrogen) atoms. The van der Waals surface area contributed by atoms with E-state index >= 15 is 0 Å². The maximum absolute atomic E-state index is 13.0. The van der Waals surface area contributed by atoms with E-state index in [4.69, 9.17) is 28.3 Å². The van der Waals surface area contributed by atoms with E-state index in [0.717, 1.165) is 77.0 Å². The largest absolute Gasteiger partial charge is 0.472 e. The number of aliphatic hydroxyl groups excluding tert-OH is 4. The summed E-state index contributed by atoms with van der Waals surface area (Å²) < 4.78 is 49.2. The molecule has 0 bridgehead atoms. The lowest BCUT2D eigenvalue weighted by Gasteiger charge is -2.43. The van der Waals surface area contributed by atoms with Crippen LogP contribution in [-0.2, 0) is 46.6 Å². The van der Waals surface area contributed by atoms with Crippen molar-refractivity contribution < 1.29 is 81.7 Å². The number of carbonyl (C=O) groups is 3. The topological polar surface area (TPSA) is 273 Å². The molecule has 0 saturated heterocycles. The van der Waals surface area contributed by atoms with Crippen LogP contribution < -0.4 is 0 Å². The molecule has 0 aliphatic heterocycles. The summed E-state index contributed by atoms with van der Waals surface area (Å²) >= 11 is 0. The minimum Gasteiger partial charge on any atom is -0.462 e. The van der Waals surface area contributed by atoms with Crippen LogP contribution in [0.25, 0.3) is 0 Å². The monoisotopic (exact) mass is 950 g/mol. The molecular weight excluding hydrogens is 874 g/mol. The summed E-state index contributed by atoms with van der Waals surface area (Å²) in [6.45, 7) is 2.85. The van der Waals surface area contributed by atoms with Gasteiger partial charge >= 0.3 is 27.6 Å². The number of phosphoric acid groups is 2. The molecule has 19 heteroatoms. The molecule has 0 spiro atoms. The van der Waals surface area contributed by atoms with Gasteiger partial charge in [-0.25, -0.2) is 9.13 Å². The van der Waals surface area contributed by atoms with Crippen LogP contribution in [0.15, 0.2) is 60.8 Å². The number of unbranched alkanes of at least 4 members (excludes halogenated alkanes) is 12. The fourth-order valence-electron chi connectivity index (χ4n) is 6.42. The van der Waals surface area contributed by atoms with E-state index in [1.165, 1.54) is 19.3 Å². The number of hydrogen-bond donors (Lipinski definition) is 7. The lowest BCUT2D eigenvalue weighted by molar-refractivity contribution is -0.216. The number of phosphoric ester groups is 2. The maximum Gasteiger partial charge on any atom is 0.472 e. The molecule has 0 aromatic rings. The quantitative estimate of drug-likeness (QED) is 0.00795. The Morgan fingerprint density at radius 3 is 1.69 bits per heavy atom. The number of ketones is 1. The molecule has 0 aromatic carbocycles. The van der Waals surface area contributed by atoms with Crippen molar-refractivity contribution in [2.75, 3.05) is 13.2 Å². The molecule has 368 valence electrons. The zero-order valence-electron chi connectivity index (χ0n) is 37.7. The molecule has 0 heterocycles. The first kappa shape index (κ1) is 59.4. The molecule has 1 saturated carbocycles. The standard InChI is InChI=1S/C45H76O17P2/c1-3-5-7-8-9-10-11-12-13-14-15-18-22-25-29-33-39(48)60-37(34-58-38(47)32-28-24-21-19-16-17-20-23-27-31-36(46)30-26-6-4-2)35-59-64(56,57)62-45-42(51)40(49)41(50)44(43(45)52)61-63(53,54)55/h9-10,12-13,15,18,20,23,27,31,37,40-45,49-52H,3-8,11,14,16-17,19,21-22,24-26,28-30,32-35H2,1-2H3,(H,56,57)(H2,53,54,55)/b10-9-,13-12-,18-15-,23-20-,31-27+/t37-,40?,41?,42?,43?,44-,45+/m1/s1.